The molecule has 9 heteroatoms. The Balaban J connectivity index is 1.38. The second-order valence-corrected chi connectivity index (χ2v) is 10.2. The van der Waals surface area contributed by atoms with Crippen molar-refractivity contribution in [3.8, 4) is 23.0 Å². The minimum atomic E-state index is -0.335. The molecule has 0 bridgehead atoms. The number of hydrogen-bond acceptors (Lipinski definition) is 7. The predicted molar refractivity (Wildman–Crippen MR) is 143 cm³/mol. The Morgan fingerprint density at radius 1 is 0.737 bits per heavy atom. The predicted octanol–water partition coefficient (Wildman–Crippen LogP) is 3.02. The quantitative estimate of drug-likeness (QED) is 0.526. The summed E-state index contributed by atoms with van der Waals surface area (Å²) in [7, 11) is 6.42. The van der Waals surface area contributed by atoms with Gasteiger partial charge in [-0.15, -0.1) is 0 Å². The number of rotatable bonds is 8. The molecule has 1 saturated carbocycles. The van der Waals surface area contributed by atoms with E-state index in [9.17, 15) is 9.59 Å². The molecule has 2 unspecified atom stereocenters. The third kappa shape index (κ3) is 4.93. The SMILES string of the molecule is COc1ccccc1N1CCN(C(=O)C2CN(C(=O)C3CC3)CC2c2cc(OC)c(OC)c(OC)c2)CC1. The van der Waals surface area contributed by atoms with Gasteiger partial charge in [-0.25, -0.2) is 0 Å². The molecule has 3 aliphatic rings. The Kier molecular flexibility index (Phi) is 7.53. The molecule has 2 heterocycles. The first-order chi connectivity index (χ1) is 18.5. The first kappa shape index (κ1) is 26.0. The van der Waals surface area contributed by atoms with Crippen LogP contribution in [0.4, 0.5) is 5.69 Å². The smallest absolute Gasteiger partial charge is 0.228 e. The van der Waals surface area contributed by atoms with Gasteiger partial charge >= 0.3 is 0 Å². The average molecular weight is 524 g/mol. The summed E-state index contributed by atoms with van der Waals surface area (Å²) in [6.07, 6.45) is 1.88. The van der Waals surface area contributed by atoms with E-state index in [1.54, 1.807) is 28.4 Å². The van der Waals surface area contributed by atoms with Crippen LogP contribution >= 0.6 is 0 Å². The molecule has 38 heavy (non-hydrogen) atoms. The summed E-state index contributed by atoms with van der Waals surface area (Å²) in [6.45, 7) is 3.61. The van der Waals surface area contributed by atoms with Crippen LogP contribution in [0.15, 0.2) is 36.4 Å². The van der Waals surface area contributed by atoms with Crippen molar-refractivity contribution in [1.29, 1.82) is 0 Å². The number of amides is 2. The Labute approximate surface area is 224 Å². The van der Waals surface area contributed by atoms with E-state index in [1.165, 1.54) is 0 Å². The van der Waals surface area contributed by atoms with Crippen molar-refractivity contribution < 1.29 is 28.5 Å². The van der Waals surface area contributed by atoms with Crippen LogP contribution in [-0.2, 0) is 9.59 Å². The van der Waals surface area contributed by atoms with Gasteiger partial charge in [0.1, 0.15) is 5.75 Å². The maximum absolute atomic E-state index is 14.0. The van der Waals surface area contributed by atoms with Gasteiger partial charge in [0, 0.05) is 51.1 Å². The minimum Gasteiger partial charge on any atom is -0.495 e. The van der Waals surface area contributed by atoms with Crippen molar-refractivity contribution in [2.45, 2.75) is 18.8 Å². The molecule has 2 amide bonds. The first-order valence-electron chi connectivity index (χ1n) is 13.2. The van der Waals surface area contributed by atoms with E-state index in [1.807, 2.05) is 40.1 Å². The molecular formula is C29H37N3O6. The first-order valence-corrected chi connectivity index (χ1v) is 13.2. The number of likely N-dealkylation sites (tertiary alicyclic amines) is 1. The number of methoxy groups -OCH3 is 4. The lowest BCUT2D eigenvalue weighted by Gasteiger charge is -2.38. The summed E-state index contributed by atoms with van der Waals surface area (Å²) < 4.78 is 22.2. The summed E-state index contributed by atoms with van der Waals surface area (Å²) in [4.78, 5) is 33.1. The van der Waals surface area contributed by atoms with Crippen LogP contribution in [0, 0.1) is 11.8 Å². The molecule has 0 spiro atoms. The highest BCUT2D eigenvalue weighted by molar-refractivity contribution is 5.85. The molecule has 2 aliphatic heterocycles. The molecular weight excluding hydrogens is 486 g/mol. The van der Waals surface area contributed by atoms with Crippen LogP contribution in [0.1, 0.15) is 24.3 Å². The number of nitrogens with zero attached hydrogens (tertiary/aromatic N) is 3. The summed E-state index contributed by atoms with van der Waals surface area (Å²) in [5, 5.41) is 0. The van der Waals surface area contributed by atoms with Gasteiger partial charge < -0.3 is 33.6 Å². The van der Waals surface area contributed by atoms with E-state index in [-0.39, 0.29) is 29.6 Å². The van der Waals surface area contributed by atoms with Crippen molar-refractivity contribution in [2.75, 3.05) is 72.6 Å². The highest BCUT2D eigenvalue weighted by Crippen LogP contribution is 2.44. The number of para-hydroxylation sites is 2. The van der Waals surface area contributed by atoms with Crippen LogP contribution in [0.2, 0.25) is 0 Å². The van der Waals surface area contributed by atoms with E-state index >= 15 is 0 Å². The molecule has 5 rings (SSSR count). The van der Waals surface area contributed by atoms with Gasteiger partial charge in [-0.05, 0) is 42.7 Å². The summed E-state index contributed by atoms with van der Waals surface area (Å²) in [6, 6.07) is 11.8. The Morgan fingerprint density at radius 2 is 1.37 bits per heavy atom. The van der Waals surface area contributed by atoms with Crippen LogP contribution in [0.3, 0.4) is 0 Å². The fraction of sp³-hybridized carbons (Fsp3) is 0.517. The lowest BCUT2D eigenvalue weighted by atomic mass is 9.87. The third-order valence-electron chi connectivity index (χ3n) is 8.01. The number of piperazine rings is 1. The highest BCUT2D eigenvalue weighted by Gasteiger charge is 2.45. The summed E-state index contributed by atoms with van der Waals surface area (Å²) >= 11 is 0. The van der Waals surface area contributed by atoms with Gasteiger partial charge in [0.15, 0.2) is 11.5 Å². The topological polar surface area (TPSA) is 80.8 Å². The Bertz CT molecular complexity index is 1150. The van der Waals surface area contributed by atoms with E-state index < -0.39 is 0 Å². The molecule has 2 saturated heterocycles. The van der Waals surface area contributed by atoms with Crippen LogP contribution in [-0.4, -0.2) is 89.3 Å². The number of carbonyl (C=O) groups excluding carboxylic acids is 2. The molecule has 2 atom stereocenters. The standard InChI is InChI=1S/C29H37N3O6/c1-35-24-8-6-5-7-23(24)30-11-13-31(14-12-30)29(34)22-18-32(28(33)19-9-10-19)17-21(22)20-15-25(36-2)27(38-4)26(16-20)37-3/h5-8,15-16,19,21-22H,9-14,17-18H2,1-4H3. The van der Waals surface area contributed by atoms with Gasteiger partial charge in [-0.1, -0.05) is 12.1 Å². The van der Waals surface area contributed by atoms with Gasteiger partial charge in [-0.2, -0.15) is 0 Å². The van der Waals surface area contributed by atoms with Crippen LogP contribution in [0.25, 0.3) is 0 Å². The summed E-state index contributed by atoms with van der Waals surface area (Å²) in [5.41, 5.74) is 1.95. The van der Waals surface area contributed by atoms with Gasteiger partial charge in [0.25, 0.3) is 0 Å². The second-order valence-electron chi connectivity index (χ2n) is 10.2. The van der Waals surface area contributed by atoms with Crippen molar-refractivity contribution in [2.24, 2.45) is 11.8 Å². The molecule has 0 N–H and O–H groups in total. The lowest BCUT2D eigenvalue weighted by molar-refractivity contribution is -0.136. The molecule has 0 radical (unpaired) electrons. The van der Waals surface area contributed by atoms with Crippen molar-refractivity contribution in [3.05, 3.63) is 42.0 Å². The van der Waals surface area contributed by atoms with Gasteiger partial charge in [0.05, 0.1) is 40.0 Å². The average Bonchev–Trinajstić information content (AvgIpc) is 3.73. The third-order valence-corrected chi connectivity index (χ3v) is 8.01. The van der Waals surface area contributed by atoms with E-state index in [0.717, 1.165) is 42.9 Å². The highest BCUT2D eigenvalue weighted by atomic mass is 16.5. The zero-order valence-corrected chi connectivity index (χ0v) is 22.6. The van der Waals surface area contributed by atoms with Gasteiger partial charge in [-0.3, -0.25) is 9.59 Å². The van der Waals surface area contributed by atoms with Gasteiger partial charge in [0.2, 0.25) is 17.6 Å². The molecule has 9 nitrogen and oxygen atoms in total. The molecule has 1 aliphatic carbocycles. The minimum absolute atomic E-state index is 0.0922. The molecule has 0 aromatic heterocycles. The normalized spacial score (nSPS) is 21.3. The number of ether oxygens (including phenoxy) is 4. The zero-order chi connectivity index (χ0) is 26.8. The van der Waals surface area contributed by atoms with E-state index in [4.69, 9.17) is 18.9 Å². The van der Waals surface area contributed by atoms with Crippen LogP contribution < -0.4 is 23.8 Å². The van der Waals surface area contributed by atoms with Crippen LogP contribution in [0.5, 0.6) is 23.0 Å². The number of anilines is 1. The molecule has 204 valence electrons. The fourth-order valence-electron chi connectivity index (χ4n) is 5.77. The molecule has 2 aromatic rings. The van der Waals surface area contributed by atoms with Crippen molar-refractivity contribution >= 4 is 17.5 Å². The number of benzene rings is 2. The van der Waals surface area contributed by atoms with E-state index in [2.05, 4.69) is 11.0 Å². The second kappa shape index (κ2) is 11.0. The monoisotopic (exact) mass is 523 g/mol. The maximum atomic E-state index is 14.0. The fourth-order valence-corrected chi connectivity index (χ4v) is 5.77. The Morgan fingerprint density at radius 3 is 1.95 bits per heavy atom. The Hall–Kier alpha value is -3.62. The molecule has 3 fully saturated rings. The number of hydrogen-bond donors (Lipinski definition) is 0. The summed E-state index contributed by atoms with van der Waals surface area (Å²) in [5.74, 6) is 2.31. The largest absolute Gasteiger partial charge is 0.495 e. The maximum Gasteiger partial charge on any atom is 0.228 e. The number of carbonyl (C=O) groups is 2. The van der Waals surface area contributed by atoms with E-state index in [0.29, 0.717) is 43.4 Å². The van der Waals surface area contributed by atoms with Crippen molar-refractivity contribution in [3.63, 3.8) is 0 Å². The lowest BCUT2D eigenvalue weighted by Crippen LogP contribution is -2.51. The zero-order valence-electron chi connectivity index (χ0n) is 22.6. The molecule has 2 aromatic carbocycles. The van der Waals surface area contributed by atoms with Crippen molar-refractivity contribution in [1.82, 2.24) is 9.80 Å².